The van der Waals surface area contributed by atoms with Crippen LogP contribution in [0.1, 0.15) is 26.7 Å². The Morgan fingerprint density at radius 1 is 1.43 bits per heavy atom. The summed E-state index contributed by atoms with van der Waals surface area (Å²) in [6, 6.07) is 5.55. The van der Waals surface area contributed by atoms with Crippen LogP contribution in [0.15, 0.2) is 24.3 Å². The topological polar surface area (TPSA) is 70.6 Å². The fraction of sp³-hybridized carbons (Fsp3) is 0.533. The van der Waals surface area contributed by atoms with E-state index in [1.807, 2.05) is 6.92 Å². The molecule has 6 heteroatoms. The Bertz CT molecular complexity index is 443. The number of hydrogen-bond donors (Lipinski definition) is 3. The van der Waals surface area contributed by atoms with Crippen molar-refractivity contribution in [2.45, 2.75) is 38.9 Å². The van der Waals surface area contributed by atoms with E-state index >= 15 is 0 Å². The van der Waals surface area contributed by atoms with Crippen LogP contribution in [0.3, 0.4) is 0 Å². The number of ether oxygens (including phenoxy) is 1. The zero-order chi connectivity index (χ0) is 15.7. The molecule has 0 aliphatic heterocycles. The molecule has 1 aromatic rings. The molecule has 0 saturated carbocycles. The molecule has 2 atom stereocenters. The SMILES string of the molecule is CCC(O)CCNC(=O)NCC(C)Oc1cccc(F)c1. The van der Waals surface area contributed by atoms with Crippen LogP contribution >= 0.6 is 0 Å². The summed E-state index contributed by atoms with van der Waals surface area (Å²) < 4.78 is 18.5. The molecule has 0 spiro atoms. The van der Waals surface area contributed by atoms with Gasteiger partial charge < -0.3 is 20.5 Å². The van der Waals surface area contributed by atoms with Gasteiger partial charge in [-0.25, -0.2) is 9.18 Å². The molecule has 0 radical (unpaired) electrons. The molecular formula is C15H23FN2O3. The maximum Gasteiger partial charge on any atom is 0.314 e. The Labute approximate surface area is 124 Å². The van der Waals surface area contributed by atoms with E-state index in [2.05, 4.69) is 10.6 Å². The molecule has 2 unspecified atom stereocenters. The number of amides is 2. The van der Waals surface area contributed by atoms with Crippen LogP contribution in [0.5, 0.6) is 5.75 Å². The summed E-state index contributed by atoms with van der Waals surface area (Å²) in [6.07, 6.45) is 0.528. The largest absolute Gasteiger partial charge is 0.489 e. The first-order valence-corrected chi connectivity index (χ1v) is 7.13. The lowest BCUT2D eigenvalue weighted by molar-refractivity contribution is 0.159. The first-order chi connectivity index (χ1) is 10.0. The van der Waals surface area contributed by atoms with E-state index in [4.69, 9.17) is 4.74 Å². The molecular weight excluding hydrogens is 275 g/mol. The summed E-state index contributed by atoms with van der Waals surface area (Å²) in [5, 5.41) is 14.7. The third kappa shape index (κ3) is 7.51. The second kappa shape index (κ2) is 9.18. The third-order valence-corrected chi connectivity index (χ3v) is 2.92. The highest BCUT2D eigenvalue weighted by molar-refractivity contribution is 5.73. The van der Waals surface area contributed by atoms with Crippen LogP contribution in [-0.2, 0) is 0 Å². The molecule has 1 rings (SSSR count). The van der Waals surface area contributed by atoms with E-state index in [0.29, 0.717) is 31.7 Å². The van der Waals surface area contributed by atoms with Crippen LogP contribution < -0.4 is 15.4 Å². The van der Waals surface area contributed by atoms with Crippen molar-refractivity contribution in [3.63, 3.8) is 0 Å². The predicted octanol–water partition coefficient (Wildman–Crippen LogP) is 2.05. The number of carbonyl (C=O) groups excluding carboxylic acids is 1. The van der Waals surface area contributed by atoms with Gasteiger partial charge in [-0.15, -0.1) is 0 Å². The molecule has 0 heterocycles. The van der Waals surface area contributed by atoms with Crippen molar-refractivity contribution in [1.82, 2.24) is 10.6 Å². The van der Waals surface area contributed by atoms with Gasteiger partial charge >= 0.3 is 6.03 Å². The predicted molar refractivity (Wildman–Crippen MR) is 78.8 cm³/mol. The summed E-state index contributed by atoms with van der Waals surface area (Å²) in [5.41, 5.74) is 0. The number of carbonyl (C=O) groups is 1. The first-order valence-electron chi connectivity index (χ1n) is 7.13. The highest BCUT2D eigenvalue weighted by atomic mass is 19.1. The molecule has 21 heavy (non-hydrogen) atoms. The van der Waals surface area contributed by atoms with Crippen LogP contribution in [0, 0.1) is 5.82 Å². The fourth-order valence-electron chi connectivity index (χ4n) is 1.67. The van der Waals surface area contributed by atoms with Gasteiger partial charge in [0.1, 0.15) is 17.7 Å². The van der Waals surface area contributed by atoms with E-state index in [1.165, 1.54) is 12.1 Å². The van der Waals surface area contributed by atoms with Gasteiger partial charge in [-0.2, -0.15) is 0 Å². The number of hydrogen-bond acceptors (Lipinski definition) is 3. The van der Waals surface area contributed by atoms with Crippen LogP contribution in [0.4, 0.5) is 9.18 Å². The van der Waals surface area contributed by atoms with Gasteiger partial charge in [-0.3, -0.25) is 0 Å². The van der Waals surface area contributed by atoms with E-state index in [0.717, 1.165) is 0 Å². The van der Waals surface area contributed by atoms with Gasteiger partial charge in [0.15, 0.2) is 0 Å². The standard InChI is InChI=1S/C15H23FN2O3/c1-3-13(19)7-8-17-15(20)18-10-11(2)21-14-6-4-5-12(16)9-14/h4-6,9,11,13,19H,3,7-8,10H2,1-2H3,(H2,17,18,20). The summed E-state index contributed by atoms with van der Waals surface area (Å²) in [6.45, 7) is 4.39. The lowest BCUT2D eigenvalue weighted by atomic mass is 10.2. The van der Waals surface area contributed by atoms with Crippen molar-refractivity contribution in [3.05, 3.63) is 30.1 Å². The molecule has 0 saturated heterocycles. The van der Waals surface area contributed by atoms with E-state index in [1.54, 1.807) is 19.1 Å². The van der Waals surface area contributed by atoms with Gasteiger partial charge in [0.2, 0.25) is 0 Å². The average Bonchev–Trinajstić information content (AvgIpc) is 2.45. The number of nitrogens with one attached hydrogen (secondary N) is 2. The Balaban J connectivity index is 2.20. The second-order valence-electron chi connectivity index (χ2n) is 4.87. The maximum absolute atomic E-state index is 13.0. The molecule has 3 N–H and O–H groups in total. The lowest BCUT2D eigenvalue weighted by Crippen LogP contribution is -2.41. The lowest BCUT2D eigenvalue weighted by Gasteiger charge is -2.16. The van der Waals surface area contributed by atoms with Crippen molar-refractivity contribution >= 4 is 6.03 Å². The number of aliphatic hydroxyl groups is 1. The van der Waals surface area contributed by atoms with Crippen molar-refractivity contribution in [2.75, 3.05) is 13.1 Å². The van der Waals surface area contributed by atoms with Crippen LogP contribution in [-0.4, -0.2) is 36.4 Å². The number of benzene rings is 1. The summed E-state index contributed by atoms with van der Waals surface area (Å²) in [4.78, 5) is 11.5. The fourth-order valence-corrected chi connectivity index (χ4v) is 1.67. The van der Waals surface area contributed by atoms with E-state index < -0.39 is 0 Å². The van der Waals surface area contributed by atoms with Crippen molar-refractivity contribution in [1.29, 1.82) is 0 Å². The number of urea groups is 1. The molecule has 5 nitrogen and oxygen atoms in total. The maximum atomic E-state index is 13.0. The van der Waals surface area contributed by atoms with Gasteiger partial charge in [-0.1, -0.05) is 13.0 Å². The number of rotatable bonds is 8. The molecule has 0 aliphatic rings. The molecule has 118 valence electrons. The molecule has 0 bridgehead atoms. The summed E-state index contributed by atoms with van der Waals surface area (Å²) in [5.74, 6) is 0.0654. The number of aliphatic hydroxyl groups excluding tert-OH is 1. The van der Waals surface area contributed by atoms with E-state index in [-0.39, 0.29) is 24.1 Å². The highest BCUT2D eigenvalue weighted by Crippen LogP contribution is 2.13. The van der Waals surface area contributed by atoms with Crippen LogP contribution in [0.2, 0.25) is 0 Å². The van der Waals surface area contributed by atoms with Gasteiger partial charge in [0.25, 0.3) is 0 Å². The Morgan fingerprint density at radius 2 is 2.19 bits per heavy atom. The minimum absolute atomic E-state index is 0.279. The molecule has 2 amide bonds. The monoisotopic (exact) mass is 298 g/mol. The summed E-state index contributed by atoms with van der Waals surface area (Å²) >= 11 is 0. The molecule has 0 aliphatic carbocycles. The summed E-state index contributed by atoms with van der Waals surface area (Å²) in [7, 11) is 0. The van der Waals surface area contributed by atoms with Crippen molar-refractivity contribution in [3.8, 4) is 5.75 Å². The Morgan fingerprint density at radius 3 is 2.86 bits per heavy atom. The zero-order valence-corrected chi connectivity index (χ0v) is 12.4. The third-order valence-electron chi connectivity index (χ3n) is 2.92. The Kier molecular flexibility index (Phi) is 7.53. The van der Waals surface area contributed by atoms with E-state index in [9.17, 15) is 14.3 Å². The highest BCUT2D eigenvalue weighted by Gasteiger charge is 2.08. The van der Waals surface area contributed by atoms with Gasteiger partial charge in [0.05, 0.1) is 12.6 Å². The zero-order valence-electron chi connectivity index (χ0n) is 12.4. The molecule has 1 aromatic carbocycles. The number of halogens is 1. The Hall–Kier alpha value is -1.82. The molecule has 0 aromatic heterocycles. The average molecular weight is 298 g/mol. The van der Waals surface area contributed by atoms with Gasteiger partial charge in [0, 0.05) is 12.6 Å². The second-order valence-corrected chi connectivity index (χ2v) is 4.87. The smallest absolute Gasteiger partial charge is 0.314 e. The minimum atomic E-state index is -0.388. The van der Waals surface area contributed by atoms with Crippen LogP contribution in [0.25, 0.3) is 0 Å². The molecule has 0 fully saturated rings. The van der Waals surface area contributed by atoms with Crippen molar-refractivity contribution in [2.24, 2.45) is 0 Å². The van der Waals surface area contributed by atoms with Gasteiger partial charge in [-0.05, 0) is 31.9 Å². The minimum Gasteiger partial charge on any atom is -0.489 e. The normalized spacial score (nSPS) is 13.3. The first kappa shape index (κ1) is 17.2. The quantitative estimate of drug-likeness (QED) is 0.688. The van der Waals surface area contributed by atoms with Crippen molar-refractivity contribution < 1.29 is 19.0 Å².